The van der Waals surface area contributed by atoms with Gasteiger partial charge in [-0.05, 0) is 35.8 Å². The van der Waals surface area contributed by atoms with Gasteiger partial charge in [-0.15, -0.1) is 5.10 Å². The van der Waals surface area contributed by atoms with Crippen molar-refractivity contribution in [1.29, 1.82) is 0 Å². The second-order valence-electron chi connectivity index (χ2n) is 3.20. The molecule has 0 aliphatic heterocycles. The molecule has 0 unspecified atom stereocenters. The summed E-state index contributed by atoms with van der Waals surface area (Å²) in [7, 11) is 1.42. The second-order valence-corrected chi connectivity index (χ2v) is 6.55. The zero-order chi connectivity index (χ0) is 13.2. The third-order valence-corrected chi connectivity index (χ3v) is 4.01. The van der Waals surface area contributed by atoms with Crippen LogP contribution in [0.4, 0.5) is 5.69 Å². The molecule has 0 spiro atoms. The van der Waals surface area contributed by atoms with Gasteiger partial charge in [-0.25, -0.2) is 8.42 Å². The van der Waals surface area contributed by atoms with Crippen LogP contribution in [0.1, 0.15) is 9.67 Å². The molecule has 0 radical (unpaired) electrons. The van der Waals surface area contributed by atoms with Crippen LogP contribution < -0.4 is 5.32 Å². The van der Waals surface area contributed by atoms with E-state index >= 15 is 0 Å². The summed E-state index contributed by atoms with van der Waals surface area (Å²) in [5.41, 5.74) is 0.456. The van der Waals surface area contributed by atoms with Gasteiger partial charge in [0.15, 0.2) is 0 Å². The van der Waals surface area contributed by atoms with Crippen LogP contribution in [0.3, 0.4) is 0 Å². The SMILES string of the molecule is O=C(Nc1ccc(S(=O)(=O)Cl)cc1)c1cnns1. The number of rotatable bonds is 3. The van der Waals surface area contributed by atoms with Crippen molar-refractivity contribution in [2.75, 3.05) is 5.32 Å². The van der Waals surface area contributed by atoms with Gasteiger partial charge >= 0.3 is 0 Å². The third-order valence-electron chi connectivity index (χ3n) is 1.98. The average molecular weight is 304 g/mol. The zero-order valence-electron chi connectivity index (χ0n) is 8.70. The van der Waals surface area contributed by atoms with E-state index in [1.807, 2.05) is 0 Å². The van der Waals surface area contributed by atoms with Crippen LogP contribution in [-0.4, -0.2) is 23.9 Å². The summed E-state index contributed by atoms with van der Waals surface area (Å²) in [6.07, 6.45) is 1.34. The molecule has 0 saturated heterocycles. The van der Waals surface area contributed by atoms with E-state index in [4.69, 9.17) is 10.7 Å². The standard InChI is InChI=1S/C9H6ClN3O3S2/c10-18(15,16)7-3-1-6(2-4-7)12-9(14)8-5-11-13-17-8/h1-5H,(H,12,14). The quantitative estimate of drug-likeness (QED) is 0.872. The van der Waals surface area contributed by atoms with Gasteiger partial charge in [-0.3, -0.25) is 4.79 Å². The minimum atomic E-state index is -3.75. The Morgan fingerprint density at radius 3 is 2.44 bits per heavy atom. The van der Waals surface area contributed by atoms with Crippen LogP contribution in [0, 0.1) is 0 Å². The van der Waals surface area contributed by atoms with E-state index in [-0.39, 0.29) is 10.8 Å². The van der Waals surface area contributed by atoms with Crippen molar-refractivity contribution in [1.82, 2.24) is 9.59 Å². The maximum absolute atomic E-state index is 11.6. The number of hydrogen-bond acceptors (Lipinski definition) is 6. The Bertz CT molecular complexity index is 653. The molecular formula is C9H6ClN3O3S2. The lowest BCUT2D eigenvalue weighted by Gasteiger charge is -2.03. The fourth-order valence-corrected chi connectivity index (χ4v) is 2.34. The van der Waals surface area contributed by atoms with Crippen molar-refractivity contribution < 1.29 is 13.2 Å². The maximum Gasteiger partial charge on any atom is 0.269 e. The molecular weight excluding hydrogens is 298 g/mol. The van der Waals surface area contributed by atoms with E-state index in [2.05, 4.69) is 14.9 Å². The summed E-state index contributed by atoms with van der Waals surface area (Å²) in [5.74, 6) is -0.355. The van der Waals surface area contributed by atoms with E-state index in [1.54, 1.807) is 0 Å². The molecule has 1 aromatic carbocycles. The Morgan fingerprint density at radius 2 is 1.94 bits per heavy atom. The summed E-state index contributed by atoms with van der Waals surface area (Å²) in [5, 5.41) is 6.12. The number of nitrogens with zero attached hydrogens (tertiary/aromatic N) is 2. The molecule has 0 bridgehead atoms. The molecule has 6 nitrogen and oxygen atoms in total. The van der Waals surface area contributed by atoms with Gasteiger partial charge in [-0.2, -0.15) is 0 Å². The molecule has 1 aromatic heterocycles. The highest BCUT2D eigenvalue weighted by Gasteiger charge is 2.11. The van der Waals surface area contributed by atoms with Crippen molar-refractivity contribution in [3.63, 3.8) is 0 Å². The summed E-state index contributed by atoms with van der Waals surface area (Å²) < 4.78 is 25.6. The van der Waals surface area contributed by atoms with E-state index in [0.717, 1.165) is 11.5 Å². The Labute approximate surface area is 111 Å². The van der Waals surface area contributed by atoms with Gasteiger partial charge in [0, 0.05) is 16.4 Å². The molecule has 0 aliphatic carbocycles. The van der Waals surface area contributed by atoms with Crippen molar-refractivity contribution >= 4 is 42.9 Å². The first kappa shape index (κ1) is 12.9. The summed E-state index contributed by atoms with van der Waals surface area (Å²) in [6, 6.07) is 5.51. The average Bonchev–Trinajstić information content (AvgIpc) is 2.82. The lowest BCUT2D eigenvalue weighted by molar-refractivity contribution is 0.103. The predicted molar refractivity (Wildman–Crippen MR) is 67.3 cm³/mol. The fraction of sp³-hybridized carbons (Fsp3) is 0. The highest BCUT2D eigenvalue weighted by Crippen LogP contribution is 2.18. The van der Waals surface area contributed by atoms with Gasteiger partial charge in [-0.1, -0.05) is 4.49 Å². The molecule has 0 fully saturated rings. The molecule has 0 aliphatic rings. The van der Waals surface area contributed by atoms with Gasteiger partial charge in [0.05, 0.1) is 11.1 Å². The van der Waals surface area contributed by atoms with Crippen molar-refractivity contribution in [3.8, 4) is 0 Å². The molecule has 2 rings (SSSR count). The van der Waals surface area contributed by atoms with Gasteiger partial charge in [0.25, 0.3) is 15.0 Å². The lowest BCUT2D eigenvalue weighted by Crippen LogP contribution is -2.10. The molecule has 94 valence electrons. The number of carbonyl (C=O) groups excluding carboxylic acids is 1. The summed E-state index contributed by atoms with van der Waals surface area (Å²) in [4.78, 5) is 12.0. The van der Waals surface area contributed by atoms with Crippen LogP contribution in [-0.2, 0) is 9.05 Å². The highest BCUT2D eigenvalue weighted by atomic mass is 35.7. The molecule has 1 amide bonds. The smallest absolute Gasteiger partial charge is 0.269 e. The zero-order valence-corrected chi connectivity index (χ0v) is 11.1. The maximum atomic E-state index is 11.6. The Hall–Kier alpha value is -1.51. The number of anilines is 1. The first-order valence-electron chi connectivity index (χ1n) is 4.60. The molecule has 18 heavy (non-hydrogen) atoms. The number of halogens is 1. The molecule has 0 atom stereocenters. The second kappa shape index (κ2) is 5.01. The molecule has 1 N–H and O–H groups in total. The highest BCUT2D eigenvalue weighted by molar-refractivity contribution is 8.13. The number of carbonyl (C=O) groups is 1. The van der Waals surface area contributed by atoms with E-state index < -0.39 is 9.05 Å². The summed E-state index contributed by atoms with van der Waals surface area (Å²) in [6.45, 7) is 0. The van der Waals surface area contributed by atoms with Gasteiger partial charge in [0.2, 0.25) is 0 Å². The minimum Gasteiger partial charge on any atom is -0.321 e. The van der Waals surface area contributed by atoms with Crippen LogP contribution in [0.25, 0.3) is 0 Å². The molecule has 9 heteroatoms. The fourth-order valence-electron chi connectivity index (χ4n) is 1.16. The van der Waals surface area contributed by atoms with Crippen LogP contribution in [0.15, 0.2) is 35.4 Å². The number of benzene rings is 1. The predicted octanol–water partition coefficient (Wildman–Crippen LogP) is 1.72. The van der Waals surface area contributed by atoms with E-state index in [1.165, 1.54) is 30.5 Å². The Morgan fingerprint density at radius 1 is 1.28 bits per heavy atom. The number of amides is 1. The van der Waals surface area contributed by atoms with Crippen LogP contribution >= 0.6 is 22.2 Å². The minimum absolute atomic E-state index is 0.0263. The first-order valence-corrected chi connectivity index (χ1v) is 7.68. The molecule has 2 aromatic rings. The number of nitrogens with one attached hydrogen (secondary N) is 1. The Kier molecular flexibility index (Phi) is 3.60. The molecule has 1 heterocycles. The third kappa shape index (κ3) is 3.03. The Balaban J connectivity index is 2.14. The van der Waals surface area contributed by atoms with Gasteiger partial charge in [0.1, 0.15) is 4.88 Å². The monoisotopic (exact) mass is 303 g/mol. The number of aromatic nitrogens is 2. The van der Waals surface area contributed by atoms with E-state index in [9.17, 15) is 13.2 Å². The van der Waals surface area contributed by atoms with Crippen LogP contribution in [0.5, 0.6) is 0 Å². The normalized spacial score (nSPS) is 11.2. The van der Waals surface area contributed by atoms with Gasteiger partial charge < -0.3 is 5.32 Å². The lowest BCUT2D eigenvalue weighted by atomic mass is 10.3. The first-order chi connectivity index (χ1) is 8.47. The van der Waals surface area contributed by atoms with Crippen molar-refractivity contribution in [3.05, 3.63) is 35.3 Å². The van der Waals surface area contributed by atoms with Crippen molar-refractivity contribution in [2.24, 2.45) is 0 Å². The van der Waals surface area contributed by atoms with Crippen molar-refractivity contribution in [2.45, 2.75) is 4.90 Å². The topological polar surface area (TPSA) is 89.0 Å². The number of hydrogen-bond donors (Lipinski definition) is 1. The molecule has 0 saturated carbocycles. The summed E-state index contributed by atoms with van der Waals surface area (Å²) >= 11 is 0.968. The van der Waals surface area contributed by atoms with Crippen LogP contribution in [0.2, 0.25) is 0 Å². The largest absolute Gasteiger partial charge is 0.321 e. The van der Waals surface area contributed by atoms with E-state index in [0.29, 0.717) is 10.6 Å².